The van der Waals surface area contributed by atoms with Gasteiger partial charge in [-0.05, 0) is 50.6 Å². The molecule has 2 heterocycles. The fraction of sp³-hybridized carbons (Fsp3) is 0.500. The number of carbonyl (C=O) groups is 2. The number of methoxy groups -OCH3 is 1. The van der Waals surface area contributed by atoms with Gasteiger partial charge in [0.05, 0.1) is 7.11 Å². The molecule has 1 N–H and O–H groups in total. The molecule has 0 radical (unpaired) electrons. The van der Waals surface area contributed by atoms with Crippen LogP contribution in [0.1, 0.15) is 27.2 Å². The molecule has 0 aromatic carbocycles. The first-order chi connectivity index (χ1) is 10.3. The number of amides is 1. The molecule has 2 aliphatic heterocycles. The molecule has 0 aliphatic carbocycles. The number of nitrogens with one attached hydrogen (secondary N) is 1. The van der Waals surface area contributed by atoms with E-state index in [1.165, 1.54) is 12.0 Å². The van der Waals surface area contributed by atoms with E-state index in [4.69, 9.17) is 9.47 Å². The van der Waals surface area contributed by atoms with Gasteiger partial charge in [-0.25, -0.2) is 9.59 Å². The van der Waals surface area contributed by atoms with Crippen molar-refractivity contribution in [2.45, 2.75) is 32.8 Å². The SMILES string of the molecule is COC(=O)C1=C(C2=CCNC=C2)CCN1C(=O)OC(C)(C)C. The van der Waals surface area contributed by atoms with Crippen molar-refractivity contribution in [3.8, 4) is 0 Å². The van der Waals surface area contributed by atoms with Gasteiger partial charge in [-0.1, -0.05) is 6.08 Å². The third kappa shape index (κ3) is 3.50. The minimum Gasteiger partial charge on any atom is -0.464 e. The summed E-state index contributed by atoms with van der Waals surface area (Å²) in [6.07, 6.45) is 5.77. The van der Waals surface area contributed by atoms with Gasteiger partial charge in [-0.3, -0.25) is 4.90 Å². The molecule has 0 saturated carbocycles. The largest absolute Gasteiger partial charge is 0.464 e. The van der Waals surface area contributed by atoms with Gasteiger partial charge < -0.3 is 14.8 Å². The quantitative estimate of drug-likeness (QED) is 0.791. The fourth-order valence-electron chi connectivity index (χ4n) is 2.40. The molecule has 2 aliphatic rings. The number of allylic oxidation sites excluding steroid dienone is 2. The van der Waals surface area contributed by atoms with Gasteiger partial charge in [-0.2, -0.15) is 0 Å². The van der Waals surface area contributed by atoms with Gasteiger partial charge in [0, 0.05) is 13.1 Å². The molecule has 0 saturated heterocycles. The normalized spacial score (nSPS) is 18.0. The van der Waals surface area contributed by atoms with E-state index in [2.05, 4.69) is 5.32 Å². The molecule has 1 amide bonds. The molecule has 120 valence electrons. The number of hydrogen-bond acceptors (Lipinski definition) is 5. The van der Waals surface area contributed by atoms with Gasteiger partial charge in [0.25, 0.3) is 0 Å². The summed E-state index contributed by atoms with van der Waals surface area (Å²) in [6.45, 7) is 6.48. The maximum Gasteiger partial charge on any atom is 0.415 e. The molecule has 0 aromatic rings. The van der Waals surface area contributed by atoms with E-state index in [0.29, 0.717) is 19.5 Å². The lowest BCUT2D eigenvalue weighted by molar-refractivity contribution is -0.137. The van der Waals surface area contributed by atoms with E-state index in [1.807, 2.05) is 18.4 Å². The molecule has 0 fully saturated rings. The minimum atomic E-state index is -0.616. The second-order valence-corrected chi connectivity index (χ2v) is 6.10. The lowest BCUT2D eigenvalue weighted by Crippen LogP contribution is -2.37. The topological polar surface area (TPSA) is 67.9 Å². The Kier molecular flexibility index (Phi) is 4.59. The summed E-state index contributed by atoms with van der Waals surface area (Å²) in [5.41, 5.74) is 1.41. The highest BCUT2D eigenvalue weighted by molar-refractivity contribution is 5.95. The average molecular weight is 306 g/mol. The second kappa shape index (κ2) is 6.25. The van der Waals surface area contributed by atoms with Gasteiger partial charge in [0.15, 0.2) is 0 Å². The van der Waals surface area contributed by atoms with E-state index in [9.17, 15) is 9.59 Å². The van der Waals surface area contributed by atoms with Crippen LogP contribution >= 0.6 is 0 Å². The molecule has 22 heavy (non-hydrogen) atoms. The molecular weight excluding hydrogens is 284 g/mol. The first-order valence-electron chi connectivity index (χ1n) is 7.26. The smallest absolute Gasteiger partial charge is 0.415 e. The second-order valence-electron chi connectivity index (χ2n) is 6.10. The molecule has 0 unspecified atom stereocenters. The van der Waals surface area contributed by atoms with Crippen LogP contribution in [0.25, 0.3) is 0 Å². The molecular formula is C16H22N2O4. The van der Waals surface area contributed by atoms with E-state index in [-0.39, 0.29) is 5.70 Å². The van der Waals surface area contributed by atoms with Crippen molar-refractivity contribution in [3.63, 3.8) is 0 Å². The predicted molar refractivity (Wildman–Crippen MR) is 81.8 cm³/mol. The number of carbonyl (C=O) groups excluding carboxylic acids is 2. The Bertz CT molecular complexity index is 567. The summed E-state index contributed by atoms with van der Waals surface area (Å²) >= 11 is 0. The Labute approximate surface area is 130 Å². The zero-order valence-electron chi connectivity index (χ0n) is 13.4. The van der Waals surface area contributed by atoms with Crippen LogP contribution in [0.15, 0.2) is 35.2 Å². The first-order valence-corrected chi connectivity index (χ1v) is 7.26. The Morgan fingerprint density at radius 3 is 2.59 bits per heavy atom. The zero-order chi connectivity index (χ0) is 16.3. The van der Waals surface area contributed by atoms with Crippen molar-refractivity contribution in [1.29, 1.82) is 0 Å². The van der Waals surface area contributed by atoms with Crippen molar-refractivity contribution in [3.05, 3.63) is 35.2 Å². The minimum absolute atomic E-state index is 0.273. The summed E-state index contributed by atoms with van der Waals surface area (Å²) in [7, 11) is 1.31. The lowest BCUT2D eigenvalue weighted by Gasteiger charge is -2.25. The number of ether oxygens (including phenoxy) is 2. The van der Waals surface area contributed by atoms with Crippen LogP contribution in [-0.4, -0.2) is 42.8 Å². The Morgan fingerprint density at radius 2 is 2.05 bits per heavy atom. The summed E-state index contributed by atoms with van der Waals surface area (Å²) in [5.74, 6) is -0.522. The van der Waals surface area contributed by atoms with E-state index in [0.717, 1.165) is 11.1 Å². The van der Waals surface area contributed by atoms with Crippen LogP contribution in [0.2, 0.25) is 0 Å². The highest BCUT2D eigenvalue weighted by Gasteiger charge is 2.36. The van der Waals surface area contributed by atoms with Crippen molar-refractivity contribution in [2.24, 2.45) is 0 Å². The molecule has 0 spiro atoms. The van der Waals surface area contributed by atoms with E-state index in [1.54, 1.807) is 20.8 Å². The van der Waals surface area contributed by atoms with Crippen molar-refractivity contribution >= 4 is 12.1 Å². The Balaban J connectivity index is 2.34. The molecule has 6 heteroatoms. The van der Waals surface area contributed by atoms with Gasteiger partial charge >= 0.3 is 12.1 Å². The molecule has 0 aromatic heterocycles. The summed E-state index contributed by atoms with van der Waals surface area (Å²) < 4.78 is 10.2. The monoisotopic (exact) mass is 306 g/mol. The first kappa shape index (κ1) is 16.1. The van der Waals surface area contributed by atoms with Gasteiger partial charge in [0.2, 0.25) is 0 Å². The third-order valence-electron chi connectivity index (χ3n) is 3.30. The summed E-state index contributed by atoms with van der Waals surface area (Å²) in [4.78, 5) is 25.8. The number of dihydropyridines is 1. The molecule has 0 atom stereocenters. The Hall–Kier alpha value is -2.24. The van der Waals surface area contributed by atoms with Crippen LogP contribution in [0.5, 0.6) is 0 Å². The molecule has 2 rings (SSSR count). The van der Waals surface area contributed by atoms with Crippen molar-refractivity contribution < 1.29 is 19.1 Å². The van der Waals surface area contributed by atoms with Crippen LogP contribution in [0.4, 0.5) is 4.79 Å². The van der Waals surface area contributed by atoms with E-state index >= 15 is 0 Å². The highest BCUT2D eigenvalue weighted by Crippen LogP contribution is 2.31. The standard InChI is InChI=1S/C16H22N2O4/c1-16(2,3)22-15(20)18-10-7-12(13(18)14(19)21-4)11-5-8-17-9-6-11/h5-6,8,17H,7,9-10H2,1-4H3. The fourth-order valence-corrected chi connectivity index (χ4v) is 2.40. The highest BCUT2D eigenvalue weighted by atomic mass is 16.6. The Morgan fingerprint density at radius 1 is 1.32 bits per heavy atom. The van der Waals surface area contributed by atoms with Crippen LogP contribution < -0.4 is 5.32 Å². The summed E-state index contributed by atoms with van der Waals surface area (Å²) in [5, 5.41) is 3.06. The van der Waals surface area contributed by atoms with Gasteiger partial charge in [-0.15, -0.1) is 0 Å². The molecule has 0 bridgehead atoms. The number of nitrogens with zero attached hydrogens (tertiary/aromatic N) is 1. The number of esters is 1. The number of rotatable bonds is 2. The van der Waals surface area contributed by atoms with E-state index < -0.39 is 17.7 Å². The van der Waals surface area contributed by atoms with Gasteiger partial charge in [0.1, 0.15) is 11.3 Å². The van der Waals surface area contributed by atoms with Crippen LogP contribution in [0.3, 0.4) is 0 Å². The number of hydrogen-bond donors (Lipinski definition) is 1. The zero-order valence-corrected chi connectivity index (χ0v) is 13.4. The van der Waals surface area contributed by atoms with Crippen molar-refractivity contribution in [2.75, 3.05) is 20.2 Å². The lowest BCUT2D eigenvalue weighted by atomic mass is 10.0. The third-order valence-corrected chi connectivity index (χ3v) is 3.30. The van der Waals surface area contributed by atoms with Crippen molar-refractivity contribution in [1.82, 2.24) is 10.2 Å². The van der Waals surface area contributed by atoms with Crippen LogP contribution in [-0.2, 0) is 14.3 Å². The van der Waals surface area contributed by atoms with Crippen LogP contribution in [0, 0.1) is 0 Å². The average Bonchev–Trinajstić information content (AvgIpc) is 2.90. The maximum atomic E-state index is 12.3. The maximum absolute atomic E-state index is 12.3. The molecule has 6 nitrogen and oxygen atoms in total. The summed E-state index contributed by atoms with van der Waals surface area (Å²) in [6, 6.07) is 0. The predicted octanol–water partition coefficient (Wildman–Crippen LogP) is 2.10.